The number of benzene rings is 2. The fourth-order valence-corrected chi connectivity index (χ4v) is 5.04. The molecule has 2 aliphatic heterocycles. The van der Waals surface area contributed by atoms with Crippen LogP contribution in [0.3, 0.4) is 0 Å². The number of hydrogen-bond donors (Lipinski definition) is 0. The van der Waals surface area contributed by atoms with Gasteiger partial charge in [-0.1, -0.05) is 23.8 Å². The highest BCUT2D eigenvalue weighted by molar-refractivity contribution is 5.98. The van der Waals surface area contributed by atoms with Crippen LogP contribution in [0.4, 0.5) is 10.4 Å². The van der Waals surface area contributed by atoms with Gasteiger partial charge >= 0.3 is 0 Å². The predicted octanol–water partition coefficient (Wildman–Crippen LogP) is 3.59. The first-order valence-corrected chi connectivity index (χ1v) is 11.7. The molecule has 4 heterocycles. The number of rotatable bonds is 4. The molecule has 2 unspecified atom stereocenters. The highest BCUT2D eigenvalue weighted by Crippen LogP contribution is 2.39. The molecule has 4 aromatic rings. The number of carbonyl (C=O) groups is 1. The minimum atomic E-state index is -0.416. The molecule has 1 amide bonds. The van der Waals surface area contributed by atoms with Crippen LogP contribution in [0.15, 0.2) is 59.3 Å². The van der Waals surface area contributed by atoms with Gasteiger partial charge in [-0.3, -0.25) is 4.79 Å². The molecule has 0 aliphatic carbocycles. The number of oxazole rings is 1. The van der Waals surface area contributed by atoms with Gasteiger partial charge in [0.1, 0.15) is 11.9 Å². The summed E-state index contributed by atoms with van der Waals surface area (Å²) in [4.78, 5) is 23.3. The van der Waals surface area contributed by atoms with Gasteiger partial charge < -0.3 is 14.2 Å². The van der Waals surface area contributed by atoms with Crippen LogP contribution in [0.25, 0.3) is 17.0 Å². The molecular formula is C26H22FN7O2. The lowest BCUT2D eigenvalue weighted by Crippen LogP contribution is -2.65. The van der Waals surface area contributed by atoms with E-state index in [2.05, 4.69) is 15.2 Å². The Morgan fingerprint density at radius 1 is 1.17 bits per heavy atom. The van der Waals surface area contributed by atoms with Crippen molar-refractivity contribution in [3.63, 3.8) is 0 Å². The van der Waals surface area contributed by atoms with Crippen LogP contribution in [0.2, 0.25) is 0 Å². The van der Waals surface area contributed by atoms with Crippen LogP contribution in [-0.2, 0) is 0 Å². The second kappa shape index (κ2) is 8.61. The van der Waals surface area contributed by atoms with E-state index in [1.807, 2.05) is 41.0 Å². The van der Waals surface area contributed by atoms with E-state index in [1.165, 1.54) is 16.9 Å². The number of fused-ring (bicyclic) bond motifs is 1. The summed E-state index contributed by atoms with van der Waals surface area (Å²) in [5.41, 5.74) is 2.73. The molecule has 2 saturated heterocycles. The van der Waals surface area contributed by atoms with Crippen LogP contribution >= 0.6 is 0 Å². The molecule has 2 atom stereocenters. The van der Waals surface area contributed by atoms with E-state index in [0.29, 0.717) is 41.8 Å². The van der Waals surface area contributed by atoms with Crippen LogP contribution in [0.5, 0.6) is 0 Å². The summed E-state index contributed by atoms with van der Waals surface area (Å²) in [5, 5.41) is 18.0. The second-order valence-electron chi connectivity index (χ2n) is 9.16. The van der Waals surface area contributed by atoms with Gasteiger partial charge in [-0.2, -0.15) is 25.2 Å². The summed E-state index contributed by atoms with van der Waals surface area (Å²) in [6.07, 6.45) is 4.02. The average molecular weight is 484 g/mol. The minimum absolute atomic E-state index is 0.0179. The number of likely N-dealkylation sites (tertiary alicyclic amines) is 1. The Bertz CT molecular complexity index is 1490. The SMILES string of the molecule is Cc1ccc(-n2nccn2)c(C(=O)N2CCC3CN(c4nc(C#N)c(-c5cccc(F)c5)o4)C3C2)c1. The summed E-state index contributed by atoms with van der Waals surface area (Å²) < 4.78 is 19.7. The predicted molar refractivity (Wildman–Crippen MR) is 128 cm³/mol. The molecule has 0 bridgehead atoms. The fraction of sp³-hybridized carbons (Fsp3) is 0.269. The molecule has 10 heteroatoms. The van der Waals surface area contributed by atoms with E-state index >= 15 is 0 Å². The molecule has 0 saturated carbocycles. The van der Waals surface area contributed by atoms with E-state index < -0.39 is 5.82 Å². The summed E-state index contributed by atoms with van der Waals surface area (Å²) in [7, 11) is 0. The number of anilines is 1. The van der Waals surface area contributed by atoms with Gasteiger partial charge in [0, 0.05) is 31.1 Å². The van der Waals surface area contributed by atoms with Gasteiger partial charge in [0.15, 0.2) is 11.5 Å². The highest BCUT2D eigenvalue weighted by atomic mass is 19.1. The maximum atomic E-state index is 13.8. The van der Waals surface area contributed by atoms with E-state index in [0.717, 1.165) is 18.5 Å². The smallest absolute Gasteiger partial charge is 0.299 e. The van der Waals surface area contributed by atoms with Gasteiger partial charge in [-0.25, -0.2) is 4.39 Å². The van der Waals surface area contributed by atoms with Crippen molar-refractivity contribution in [1.29, 1.82) is 5.26 Å². The van der Waals surface area contributed by atoms with Crippen molar-refractivity contribution in [3.05, 3.63) is 77.5 Å². The number of nitrogens with zero attached hydrogens (tertiary/aromatic N) is 7. The zero-order chi connectivity index (χ0) is 24.8. The van der Waals surface area contributed by atoms with E-state index in [-0.39, 0.29) is 23.4 Å². The number of halogens is 1. The molecule has 0 N–H and O–H groups in total. The Morgan fingerprint density at radius 3 is 2.78 bits per heavy atom. The third-order valence-electron chi connectivity index (χ3n) is 6.91. The molecule has 0 spiro atoms. The lowest BCUT2D eigenvalue weighted by Gasteiger charge is -2.52. The number of amides is 1. The molecule has 2 fully saturated rings. The van der Waals surface area contributed by atoms with E-state index in [1.54, 1.807) is 24.5 Å². The first-order chi connectivity index (χ1) is 17.5. The minimum Gasteiger partial charge on any atom is -0.422 e. The zero-order valence-electron chi connectivity index (χ0n) is 19.5. The summed E-state index contributed by atoms with van der Waals surface area (Å²) in [6, 6.07) is 13.9. The Hall–Kier alpha value is -4.52. The van der Waals surface area contributed by atoms with E-state index in [4.69, 9.17) is 4.42 Å². The number of aromatic nitrogens is 4. The largest absolute Gasteiger partial charge is 0.422 e. The topological polar surface area (TPSA) is 104 Å². The second-order valence-corrected chi connectivity index (χ2v) is 9.16. The van der Waals surface area contributed by atoms with Crippen molar-refractivity contribution in [1.82, 2.24) is 24.9 Å². The monoisotopic (exact) mass is 483 g/mol. The maximum Gasteiger partial charge on any atom is 0.299 e. The molecule has 180 valence electrons. The molecule has 2 aromatic carbocycles. The van der Waals surface area contributed by atoms with Crippen molar-refractivity contribution in [2.24, 2.45) is 5.92 Å². The molecule has 9 nitrogen and oxygen atoms in total. The summed E-state index contributed by atoms with van der Waals surface area (Å²) in [5.74, 6) is 0.145. The first-order valence-electron chi connectivity index (χ1n) is 11.7. The number of carbonyl (C=O) groups excluding carboxylic acids is 1. The Kier molecular flexibility index (Phi) is 5.25. The quantitative estimate of drug-likeness (QED) is 0.437. The standard InChI is InChI=1S/C26H22FN7O2/c1-16-5-6-22(34-29-8-9-30-34)20(11-16)25(35)32-10-7-18-14-33(23(18)15-32)26-31-21(13-28)24(36-26)17-3-2-4-19(27)12-17/h2-6,8-9,11-12,18,23H,7,10,14-15H2,1H3. The lowest BCUT2D eigenvalue weighted by molar-refractivity contribution is 0.0582. The van der Waals surface area contributed by atoms with Crippen LogP contribution in [0, 0.1) is 30.0 Å². The van der Waals surface area contributed by atoms with Gasteiger partial charge in [0.25, 0.3) is 11.9 Å². The van der Waals surface area contributed by atoms with E-state index in [9.17, 15) is 14.4 Å². The summed E-state index contributed by atoms with van der Waals surface area (Å²) in [6.45, 7) is 3.83. The normalized spacial score (nSPS) is 18.9. The van der Waals surface area contributed by atoms with Crippen molar-refractivity contribution in [2.75, 3.05) is 24.5 Å². The van der Waals surface area contributed by atoms with Crippen molar-refractivity contribution >= 4 is 11.9 Å². The molecule has 2 aliphatic rings. The fourth-order valence-electron chi connectivity index (χ4n) is 5.04. The lowest BCUT2D eigenvalue weighted by atomic mass is 9.82. The third-order valence-corrected chi connectivity index (χ3v) is 6.91. The van der Waals surface area contributed by atoms with Gasteiger partial charge in [0.2, 0.25) is 0 Å². The first kappa shape index (κ1) is 22.0. The van der Waals surface area contributed by atoms with Crippen molar-refractivity contribution in [2.45, 2.75) is 19.4 Å². The van der Waals surface area contributed by atoms with Gasteiger partial charge in [-0.05, 0) is 37.6 Å². The van der Waals surface area contributed by atoms with Crippen LogP contribution in [-0.4, -0.2) is 56.5 Å². The Labute approximate surface area is 206 Å². The molecular weight excluding hydrogens is 461 g/mol. The number of piperidine rings is 1. The number of aryl methyl sites for hydroxylation is 1. The van der Waals surface area contributed by atoms with Crippen LogP contribution in [0.1, 0.15) is 28.0 Å². The van der Waals surface area contributed by atoms with Gasteiger partial charge in [0.05, 0.1) is 29.7 Å². The van der Waals surface area contributed by atoms with Crippen molar-refractivity contribution in [3.8, 4) is 23.1 Å². The zero-order valence-corrected chi connectivity index (χ0v) is 19.5. The number of nitriles is 1. The molecule has 2 aromatic heterocycles. The summed E-state index contributed by atoms with van der Waals surface area (Å²) >= 11 is 0. The molecule has 0 radical (unpaired) electrons. The Balaban J connectivity index is 1.26. The Morgan fingerprint density at radius 2 is 2.00 bits per heavy atom. The molecule has 36 heavy (non-hydrogen) atoms. The number of hydrogen-bond acceptors (Lipinski definition) is 7. The molecule has 6 rings (SSSR count). The third kappa shape index (κ3) is 3.69. The maximum absolute atomic E-state index is 13.8. The van der Waals surface area contributed by atoms with Crippen molar-refractivity contribution < 1.29 is 13.6 Å². The van der Waals surface area contributed by atoms with Gasteiger partial charge in [-0.15, -0.1) is 0 Å². The van der Waals surface area contributed by atoms with Crippen LogP contribution < -0.4 is 4.90 Å². The highest BCUT2D eigenvalue weighted by Gasteiger charge is 2.46. The average Bonchev–Trinajstić information content (AvgIpc) is 3.55.